The van der Waals surface area contributed by atoms with Gasteiger partial charge in [-0.1, -0.05) is 16.8 Å². The molecule has 3 aromatic rings. The first-order valence-corrected chi connectivity index (χ1v) is 6.79. The average molecular weight is 296 g/mol. The Morgan fingerprint density at radius 3 is 2.89 bits per heavy atom. The van der Waals surface area contributed by atoms with Crippen LogP contribution in [0.15, 0.2) is 35.1 Å². The van der Waals surface area contributed by atoms with Crippen molar-refractivity contribution in [3.05, 3.63) is 47.1 Å². The number of imidazole rings is 1. The molecule has 0 N–H and O–H groups in total. The number of rotatable bonds is 4. The zero-order chi connectivity index (χ0) is 13.2. The van der Waals surface area contributed by atoms with Crippen LogP contribution >= 0.6 is 23.2 Å². The SMILES string of the molecule is ClCCc1nc2cc(Cl)ccc2n1Cc1ccon1. The molecule has 0 saturated heterocycles. The Balaban J connectivity index is 2.10. The summed E-state index contributed by atoms with van der Waals surface area (Å²) in [5, 5.41) is 4.61. The number of hydrogen-bond donors (Lipinski definition) is 0. The summed E-state index contributed by atoms with van der Waals surface area (Å²) in [5.74, 6) is 1.45. The van der Waals surface area contributed by atoms with E-state index in [0.29, 0.717) is 23.9 Å². The molecule has 6 heteroatoms. The average Bonchev–Trinajstić information content (AvgIpc) is 2.99. The van der Waals surface area contributed by atoms with E-state index in [1.165, 1.54) is 0 Å². The molecule has 0 atom stereocenters. The topological polar surface area (TPSA) is 43.9 Å². The fraction of sp³-hybridized carbons (Fsp3) is 0.231. The maximum absolute atomic E-state index is 6.00. The predicted octanol–water partition coefficient (Wildman–Crippen LogP) is 3.51. The van der Waals surface area contributed by atoms with Crippen LogP contribution in [-0.4, -0.2) is 20.6 Å². The first-order valence-electron chi connectivity index (χ1n) is 5.88. The Labute approximate surface area is 119 Å². The summed E-state index contributed by atoms with van der Waals surface area (Å²) < 4.78 is 6.95. The fourth-order valence-electron chi connectivity index (χ4n) is 2.09. The molecule has 3 rings (SSSR count). The second-order valence-corrected chi connectivity index (χ2v) is 4.99. The van der Waals surface area contributed by atoms with Gasteiger partial charge in [-0.3, -0.25) is 0 Å². The van der Waals surface area contributed by atoms with E-state index >= 15 is 0 Å². The lowest BCUT2D eigenvalue weighted by molar-refractivity contribution is 0.409. The van der Waals surface area contributed by atoms with E-state index < -0.39 is 0 Å². The van der Waals surface area contributed by atoms with E-state index in [4.69, 9.17) is 27.7 Å². The van der Waals surface area contributed by atoms with E-state index in [9.17, 15) is 0 Å². The number of hydrogen-bond acceptors (Lipinski definition) is 3. The van der Waals surface area contributed by atoms with Crippen LogP contribution in [0.4, 0.5) is 0 Å². The van der Waals surface area contributed by atoms with Crippen molar-refractivity contribution < 1.29 is 4.52 Å². The molecule has 0 bridgehead atoms. The number of alkyl halides is 1. The summed E-state index contributed by atoms with van der Waals surface area (Å²) >= 11 is 11.8. The quantitative estimate of drug-likeness (QED) is 0.692. The van der Waals surface area contributed by atoms with Crippen LogP contribution in [0.2, 0.25) is 5.02 Å². The lowest BCUT2D eigenvalue weighted by Crippen LogP contribution is -2.06. The molecule has 0 fully saturated rings. The highest BCUT2D eigenvalue weighted by Gasteiger charge is 2.12. The molecular weight excluding hydrogens is 285 g/mol. The van der Waals surface area contributed by atoms with E-state index in [2.05, 4.69) is 14.7 Å². The van der Waals surface area contributed by atoms with Gasteiger partial charge in [-0.25, -0.2) is 4.98 Å². The van der Waals surface area contributed by atoms with Gasteiger partial charge in [0, 0.05) is 23.4 Å². The Hall–Kier alpha value is -1.52. The number of nitrogens with zero attached hydrogens (tertiary/aromatic N) is 3. The van der Waals surface area contributed by atoms with Crippen LogP contribution < -0.4 is 0 Å². The van der Waals surface area contributed by atoms with E-state index in [1.807, 2.05) is 24.3 Å². The first kappa shape index (κ1) is 12.5. The molecule has 98 valence electrons. The lowest BCUT2D eigenvalue weighted by Gasteiger charge is -2.05. The van der Waals surface area contributed by atoms with Crippen molar-refractivity contribution in [3.8, 4) is 0 Å². The standard InChI is InChI=1S/C13H11Cl2N3O/c14-5-3-13-16-11-7-9(15)1-2-12(11)18(13)8-10-4-6-19-17-10/h1-2,4,6-7H,3,5,8H2. The van der Waals surface area contributed by atoms with Gasteiger partial charge in [-0.05, 0) is 18.2 Å². The maximum Gasteiger partial charge on any atom is 0.124 e. The van der Waals surface area contributed by atoms with E-state index in [1.54, 1.807) is 6.26 Å². The smallest absolute Gasteiger partial charge is 0.124 e. The van der Waals surface area contributed by atoms with Gasteiger partial charge in [-0.2, -0.15) is 0 Å². The van der Waals surface area contributed by atoms with Gasteiger partial charge < -0.3 is 9.09 Å². The Bertz CT molecular complexity index is 691. The van der Waals surface area contributed by atoms with Gasteiger partial charge in [0.1, 0.15) is 17.8 Å². The molecular formula is C13H11Cl2N3O. The third kappa shape index (κ3) is 2.46. The number of halogens is 2. The summed E-state index contributed by atoms with van der Waals surface area (Å²) in [6.45, 7) is 0.612. The molecule has 0 aliphatic heterocycles. The van der Waals surface area contributed by atoms with Crippen LogP contribution in [0, 0.1) is 0 Å². The van der Waals surface area contributed by atoms with Gasteiger partial charge in [0.15, 0.2) is 0 Å². The molecule has 0 amide bonds. The zero-order valence-electron chi connectivity index (χ0n) is 10.0. The van der Waals surface area contributed by atoms with Gasteiger partial charge in [0.25, 0.3) is 0 Å². The van der Waals surface area contributed by atoms with Crippen LogP contribution in [0.3, 0.4) is 0 Å². The van der Waals surface area contributed by atoms with Gasteiger partial charge >= 0.3 is 0 Å². The molecule has 0 aliphatic rings. The molecule has 0 radical (unpaired) electrons. The molecule has 0 spiro atoms. The highest BCUT2D eigenvalue weighted by Crippen LogP contribution is 2.22. The fourth-order valence-corrected chi connectivity index (χ4v) is 2.42. The van der Waals surface area contributed by atoms with Crippen LogP contribution in [0.1, 0.15) is 11.5 Å². The van der Waals surface area contributed by atoms with Crippen LogP contribution in [0.5, 0.6) is 0 Å². The summed E-state index contributed by atoms with van der Waals surface area (Å²) in [4.78, 5) is 4.58. The first-order chi connectivity index (χ1) is 9.28. The van der Waals surface area contributed by atoms with Crippen molar-refractivity contribution in [2.75, 3.05) is 5.88 Å². The lowest BCUT2D eigenvalue weighted by atomic mass is 10.3. The largest absolute Gasteiger partial charge is 0.364 e. The van der Waals surface area contributed by atoms with Gasteiger partial charge in [-0.15, -0.1) is 11.6 Å². The highest BCUT2D eigenvalue weighted by atomic mass is 35.5. The highest BCUT2D eigenvalue weighted by molar-refractivity contribution is 6.31. The Kier molecular flexibility index (Phi) is 3.44. The molecule has 19 heavy (non-hydrogen) atoms. The van der Waals surface area contributed by atoms with Crippen molar-refractivity contribution in [1.82, 2.24) is 14.7 Å². The normalized spacial score (nSPS) is 11.3. The minimum absolute atomic E-state index is 0.524. The number of aromatic nitrogens is 3. The molecule has 2 heterocycles. The summed E-state index contributed by atoms with van der Waals surface area (Å²) in [6, 6.07) is 7.51. The molecule has 2 aromatic heterocycles. The minimum atomic E-state index is 0.524. The third-order valence-corrected chi connectivity index (χ3v) is 3.34. The van der Waals surface area contributed by atoms with E-state index in [-0.39, 0.29) is 0 Å². The number of aryl methyl sites for hydroxylation is 1. The minimum Gasteiger partial charge on any atom is -0.364 e. The molecule has 1 aromatic carbocycles. The van der Waals surface area contributed by atoms with Gasteiger partial charge in [0.05, 0.1) is 17.6 Å². The van der Waals surface area contributed by atoms with Gasteiger partial charge in [0.2, 0.25) is 0 Å². The van der Waals surface area contributed by atoms with Crippen LogP contribution in [-0.2, 0) is 13.0 Å². The maximum atomic E-state index is 6.00. The molecule has 0 unspecified atom stereocenters. The van der Waals surface area contributed by atoms with Crippen LogP contribution in [0.25, 0.3) is 11.0 Å². The monoisotopic (exact) mass is 295 g/mol. The molecule has 0 aliphatic carbocycles. The summed E-state index contributed by atoms with van der Waals surface area (Å²) in [5.41, 5.74) is 2.74. The molecule has 0 saturated carbocycles. The van der Waals surface area contributed by atoms with Crippen molar-refractivity contribution in [2.24, 2.45) is 0 Å². The number of benzene rings is 1. The second kappa shape index (κ2) is 5.23. The van der Waals surface area contributed by atoms with Crippen molar-refractivity contribution in [2.45, 2.75) is 13.0 Å². The second-order valence-electron chi connectivity index (χ2n) is 4.18. The Morgan fingerprint density at radius 2 is 2.16 bits per heavy atom. The van der Waals surface area contributed by atoms with Crippen molar-refractivity contribution in [1.29, 1.82) is 0 Å². The van der Waals surface area contributed by atoms with Crippen molar-refractivity contribution in [3.63, 3.8) is 0 Å². The zero-order valence-corrected chi connectivity index (χ0v) is 11.5. The van der Waals surface area contributed by atoms with Crippen molar-refractivity contribution >= 4 is 34.2 Å². The molecule has 4 nitrogen and oxygen atoms in total. The van der Waals surface area contributed by atoms with E-state index in [0.717, 1.165) is 22.6 Å². The summed E-state index contributed by atoms with van der Waals surface area (Å²) in [7, 11) is 0. The third-order valence-electron chi connectivity index (χ3n) is 2.92. The summed E-state index contributed by atoms with van der Waals surface area (Å²) in [6.07, 6.45) is 2.26. The number of fused-ring (bicyclic) bond motifs is 1. The predicted molar refractivity (Wildman–Crippen MR) is 74.8 cm³/mol. The Morgan fingerprint density at radius 1 is 1.26 bits per heavy atom.